The van der Waals surface area contributed by atoms with Gasteiger partial charge in [0, 0.05) is 6.07 Å². The van der Waals surface area contributed by atoms with E-state index in [1.54, 1.807) is 13.8 Å². The summed E-state index contributed by atoms with van der Waals surface area (Å²) in [6.07, 6.45) is -0.639. The lowest BCUT2D eigenvalue weighted by Gasteiger charge is -2.12. The van der Waals surface area contributed by atoms with Crippen molar-refractivity contribution >= 4 is 29.4 Å². The molecular formula is C13H16ClNO5. The zero-order valence-electron chi connectivity index (χ0n) is 11.5. The topological polar surface area (TPSA) is 73.9 Å². The van der Waals surface area contributed by atoms with Crippen LogP contribution in [-0.2, 0) is 9.47 Å². The first-order chi connectivity index (χ1) is 9.53. The molecule has 0 atom stereocenters. The zero-order valence-corrected chi connectivity index (χ0v) is 12.2. The summed E-state index contributed by atoms with van der Waals surface area (Å²) in [6, 6.07) is 2.81. The number of carbonyl (C=O) groups excluding carboxylic acids is 2. The normalized spacial score (nSPS) is 9.80. The van der Waals surface area contributed by atoms with E-state index in [2.05, 4.69) is 5.32 Å². The molecule has 0 unspecified atom stereocenters. The van der Waals surface area contributed by atoms with Crippen LogP contribution in [0.25, 0.3) is 0 Å². The number of carbonyl (C=O) groups is 2. The molecule has 0 aromatic heterocycles. The Morgan fingerprint density at radius 3 is 2.40 bits per heavy atom. The van der Waals surface area contributed by atoms with Crippen LogP contribution in [0.15, 0.2) is 12.1 Å². The number of amides is 1. The van der Waals surface area contributed by atoms with E-state index in [9.17, 15) is 9.59 Å². The minimum Gasteiger partial charge on any atom is -0.496 e. The molecule has 0 spiro atoms. The molecule has 1 aromatic carbocycles. The van der Waals surface area contributed by atoms with Gasteiger partial charge in [-0.1, -0.05) is 11.6 Å². The molecule has 7 heteroatoms. The number of hydrogen-bond acceptors (Lipinski definition) is 5. The van der Waals surface area contributed by atoms with Gasteiger partial charge in [-0.05, 0) is 19.9 Å². The lowest BCUT2D eigenvalue weighted by atomic mass is 10.2. The monoisotopic (exact) mass is 301 g/mol. The average molecular weight is 302 g/mol. The summed E-state index contributed by atoms with van der Waals surface area (Å²) in [5.74, 6) is -0.298. The van der Waals surface area contributed by atoms with Crippen LogP contribution in [0, 0.1) is 0 Å². The van der Waals surface area contributed by atoms with E-state index in [0.717, 1.165) is 0 Å². The molecule has 0 aliphatic rings. The first kappa shape index (κ1) is 16.1. The van der Waals surface area contributed by atoms with Crippen LogP contribution in [0.1, 0.15) is 24.2 Å². The molecule has 0 fully saturated rings. The van der Waals surface area contributed by atoms with Gasteiger partial charge in [-0.15, -0.1) is 0 Å². The second kappa shape index (κ2) is 7.59. The summed E-state index contributed by atoms with van der Waals surface area (Å²) in [5.41, 5.74) is 0.476. The van der Waals surface area contributed by atoms with Crippen molar-refractivity contribution in [3.05, 3.63) is 22.7 Å². The van der Waals surface area contributed by atoms with E-state index < -0.39 is 12.1 Å². The third-order valence-corrected chi connectivity index (χ3v) is 2.61. The van der Waals surface area contributed by atoms with Gasteiger partial charge in [-0.2, -0.15) is 0 Å². The molecular weight excluding hydrogens is 286 g/mol. The molecule has 0 aliphatic heterocycles. The van der Waals surface area contributed by atoms with Crippen molar-refractivity contribution in [3.63, 3.8) is 0 Å². The van der Waals surface area contributed by atoms with Crippen molar-refractivity contribution in [2.75, 3.05) is 25.6 Å². The van der Waals surface area contributed by atoms with Crippen LogP contribution in [0.2, 0.25) is 5.02 Å². The number of hydrogen-bond donors (Lipinski definition) is 1. The minimum atomic E-state index is -0.639. The molecule has 1 amide bonds. The number of rotatable bonds is 5. The highest BCUT2D eigenvalue weighted by atomic mass is 35.5. The Morgan fingerprint density at radius 2 is 1.85 bits per heavy atom. The predicted molar refractivity (Wildman–Crippen MR) is 74.6 cm³/mol. The van der Waals surface area contributed by atoms with Gasteiger partial charge in [0.15, 0.2) is 0 Å². The van der Waals surface area contributed by atoms with Crippen LogP contribution < -0.4 is 10.1 Å². The van der Waals surface area contributed by atoms with Gasteiger partial charge >= 0.3 is 12.1 Å². The predicted octanol–water partition coefficient (Wildman–Crippen LogP) is 3.09. The second-order valence-electron chi connectivity index (χ2n) is 3.60. The van der Waals surface area contributed by atoms with Gasteiger partial charge in [0.05, 0.1) is 31.0 Å². The number of ether oxygens (including phenoxy) is 3. The number of methoxy groups -OCH3 is 1. The molecule has 1 aromatic rings. The van der Waals surface area contributed by atoms with Gasteiger partial charge in [-0.25, -0.2) is 9.59 Å². The van der Waals surface area contributed by atoms with E-state index in [0.29, 0.717) is 0 Å². The molecule has 1 N–H and O–H groups in total. The Morgan fingerprint density at radius 1 is 1.20 bits per heavy atom. The highest BCUT2D eigenvalue weighted by molar-refractivity contribution is 6.34. The summed E-state index contributed by atoms with van der Waals surface area (Å²) in [4.78, 5) is 23.1. The van der Waals surface area contributed by atoms with Gasteiger partial charge < -0.3 is 14.2 Å². The van der Waals surface area contributed by atoms with Crippen molar-refractivity contribution < 1.29 is 23.8 Å². The zero-order chi connectivity index (χ0) is 15.1. The molecule has 1 rings (SSSR count). The maximum atomic E-state index is 11.7. The second-order valence-corrected chi connectivity index (χ2v) is 4.01. The van der Waals surface area contributed by atoms with Gasteiger partial charge in [-0.3, -0.25) is 5.32 Å². The van der Waals surface area contributed by atoms with Crippen molar-refractivity contribution in [1.82, 2.24) is 0 Å². The van der Waals surface area contributed by atoms with Crippen molar-refractivity contribution in [2.24, 2.45) is 0 Å². The number of benzene rings is 1. The van der Waals surface area contributed by atoms with Crippen LogP contribution in [0.5, 0.6) is 5.75 Å². The molecule has 0 aliphatic carbocycles. The van der Waals surface area contributed by atoms with Crippen molar-refractivity contribution in [3.8, 4) is 5.75 Å². The molecule has 0 bridgehead atoms. The van der Waals surface area contributed by atoms with E-state index in [1.807, 2.05) is 0 Å². The lowest BCUT2D eigenvalue weighted by molar-refractivity contribution is 0.0522. The third-order valence-electron chi connectivity index (χ3n) is 2.30. The summed E-state index contributed by atoms with van der Waals surface area (Å²) in [7, 11) is 1.40. The Balaban J connectivity index is 3.06. The number of nitrogens with one attached hydrogen (secondary N) is 1. The molecule has 0 heterocycles. The molecule has 0 saturated heterocycles. The molecule has 0 radical (unpaired) electrons. The van der Waals surface area contributed by atoms with Crippen molar-refractivity contribution in [1.29, 1.82) is 0 Å². The Kier molecular flexibility index (Phi) is 6.11. The quantitative estimate of drug-likeness (QED) is 0.846. The van der Waals surface area contributed by atoms with Crippen LogP contribution in [0.3, 0.4) is 0 Å². The maximum Gasteiger partial charge on any atom is 0.411 e. The fourth-order valence-electron chi connectivity index (χ4n) is 1.46. The highest BCUT2D eigenvalue weighted by Crippen LogP contribution is 2.31. The summed E-state index contributed by atoms with van der Waals surface area (Å²) < 4.78 is 14.7. The van der Waals surface area contributed by atoms with E-state index in [1.165, 1.54) is 19.2 Å². The van der Waals surface area contributed by atoms with Gasteiger partial charge in [0.2, 0.25) is 0 Å². The highest BCUT2D eigenvalue weighted by Gasteiger charge is 2.18. The fraction of sp³-hybridized carbons (Fsp3) is 0.385. The van der Waals surface area contributed by atoms with Crippen molar-refractivity contribution in [2.45, 2.75) is 13.8 Å². The van der Waals surface area contributed by atoms with Gasteiger partial charge in [0.1, 0.15) is 11.3 Å². The van der Waals surface area contributed by atoms with Crippen LogP contribution in [-0.4, -0.2) is 32.4 Å². The molecule has 110 valence electrons. The Hall–Kier alpha value is -1.95. The number of esters is 1. The minimum absolute atomic E-state index is 0.182. The summed E-state index contributed by atoms with van der Waals surface area (Å²) in [5, 5.41) is 2.64. The standard InChI is InChI=1S/C13H16ClNO5/c1-4-19-12(16)8-6-9(14)10(7-11(8)18-3)15-13(17)20-5-2/h6-7H,4-5H2,1-3H3,(H,15,17). The van der Waals surface area contributed by atoms with E-state index >= 15 is 0 Å². The fourth-order valence-corrected chi connectivity index (χ4v) is 1.67. The molecule has 20 heavy (non-hydrogen) atoms. The first-order valence-electron chi connectivity index (χ1n) is 6.01. The van der Waals surface area contributed by atoms with Gasteiger partial charge in [0.25, 0.3) is 0 Å². The molecule has 0 saturated carbocycles. The van der Waals surface area contributed by atoms with E-state index in [4.69, 9.17) is 25.8 Å². The Labute approximate surface area is 122 Å². The summed E-state index contributed by atoms with van der Waals surface area (Å²) >= 11 is 6.01. The largest absolute Gasteiger partial charge is 0.496 e. The first-order valence-corrected chi connectivity index (χ1v) is 6.39. The molecule has 6 nitrogen and oxygen atoms in total. The SMILES string of the molecule is CCOC(=O)Nc1cc(OC)c(C(=O)OCC)cc1Cl. The van der Waals surface area contributed by atoms with E-state index in [-0.39, 0.29) is 35.2 Å². The average Bonchev–Trinajstić information content (AvgIpc) is 2.41. The maximum absolute atomic E-state index is 11.7. The Bertz CT molecular complexity index is 504. The smallest absolute Gasteiger partial charge is 0.411 e. The van der Waals surface area contributed by atoms with Crippen LogP contribution >= 0.6 is 11.6 Å². The number of halogens is 1. The summed E-state index contributed by atoms with van der Waals surface area (Å²) in [6.45, 7) is 3.86. The third kappa shape index (κ3) is 4.03. The number of anilines is 1. The lowest BCUT2D eigenvalue weighted by Crippen LogP contribution is -2.14. The van der Waals surface area contributed by atoms with Crippen LogP contribution in [0.4, 0.5) is 10.5 Å².